The molecule has 1 aliphatic carbocycles. The van der Waals surface area contributed by atoms with Gasteiger partial charge in [-0.1, -0.05) is 39.0 Å². The van der Waals surface area contributed by atoms with Gasteiger partial charge in [0.15, 0.2) is 6.10 Å². The lowest BCUT2D eigenvalue weighted by molar-refractivity contribution is -0.166. The van der Waals surface area contributed by atoms with E-state index in [4.69, 9.17) is 18.9 Å². The molecule has 8 heteroatoms. The van der Waals surface area contributed by atoms with E-state index in [0.717, 1.165) is 5.57 Å². The van der Waals surface area contributed by atoms with E-state index >= 15 is 0 Å². The van der Waals surface area contributed by atoms with Gasteiger partial charge in [-0.05, 0) is 50.8 Å². The fourth-order valence-corrected chi connectivity index (χ4v) is 6.16. The van der Waals surface area contributed by atoms with Gasteiger partial charge in [0, 0.05) is 37.0 Å². The molecular weight excluding hydrogens is 474 g/mol. The van der Waals surface area contributed by atoms with Gasteiger partial charge < -0.3 is 29.0 Å². The highest BCUT2D eigenvalue weighted by Crippen LogP contribution is 2.53. The molecule has 1 fully saturated rings. The highest BCUT2D eigenvalue weighted by Gasteiger charge is 2.57. The number of carbonyl (C=O) groups is 2. The summed E-state index contributed by atoms with van der Waals surface area (Å²) in [6.07, 6.45) is 7.06. The van der Waals surface area contributed by atoms with Gasteiger partial charge in [-0.15, -0.1) is 0 Å². The zero-order valence-corrected chi connectivity index (χ0v) is 22.7. The summed E-state index contributed by atoms with van der Waals surface area (Å²) in [5.74, 6) is -1.35. The van der Waals surface area contributed by atoms with Crippen molar-refractivity contribution < 1.29 is 33.6 Å². The normalized spacial score (nSPS) is 37.5. The maximum atomic E-state index is 13.0. The van der Waals surface area contributed by atoms with Crippen LogP contribution in [-0.2, 0) is 23.7 Å². The molecule has 8 nitrogen and oxygen atoms in total. The third-order valence-electron chi connectivity index (χ3n) is 8.61. The maximum absolute atomic E-state index is 13.0. The number of aliphatic hydroxyl groups is 1. The van der Waals surface area contributed by atoms with Crippen LogP contribution in [0.2, 0.25) is 0 Å². The number of carbonyl (C=O) groups excluding carboxylic acids is 2. The highest BCUT2D eigenvalue weighted by atomic mass is 16.6. The first kappa shape index (κ1) is 27.6. The number of aromatic amines is 1. The van der Waals surface area contributed by atoms with Crippen molar-refractivity contribution in [2.45, 2.75) is 90.0 Å². The first-order chi connectivity index (χ1) is 17.6. The van der Waals surface area contributed by atoms with Gasteiger partial charge in [0.05, 0.1) is 11.7 Å². The van der Waals surface area contributed by atoms with Crippen molar-refractivity contribution in [3.05, 3.63) is 47.8 Å². The minimum Gasteiger partial charge on any atom is -0.460 e. The van der Waals surface area contributed by atoms with E-state index in [0.29, 0.717) is 25.0 Å². The summed E-state index contributed by atoms with van der Waals surface area (Å²) < 4.78 is 24.4. The molecule has 1 aromatic heterocycles. The van der Waals surface area contributed by atoms with E-state index in [-0.39, 0.29) is 35.7 Å². The first-order valence-corrected chi connectivity index (χ1v) is 13.4. The lowest BCUT2D eigenvalue weighted by atomic mass is 9.69. The molecular formula is C29H41NO7. The summed E-state index contributed by atoms with van der Waals surface area (Å²) in [5.41, 5.74) is 0.749. The number of methoxy groups -OCH3 is 1. The molecule has 0 amide bonds. The number of aliphatic hydroxyl groups excluding tert-OH is 1. The molecule has 0 saturated carbocycles. The molecule has 3 aliphatic rings. The Morgan fingerprint density at radius 3 is 2.70 bits per heavy atom. The molecule has 3 heterocycles. The third-order valence-corrected chi connectivity index (χ3v) is 8.61. The number of aromatic nitrogens is 1. The van der Waals surface area contributed by atoms with Crippen LogP contribution in [0.3, 0.4) is 0 Å². The number of ether oxygens (including phenoxy) is 4. The van der Waals surface area contributed by atoms with Crippen LogP contribution in [0.4, 0.5) is 0 Å². The van der Waals surface area contributed by atoms with Gasteiger partial charge >= 0.3 is 11.9 Å². The zero-order valence-electron chi connectivity index (χ0n) is 22.7. The fraction of sp³-hybridized carbons (Fsp3) is 0.655. The molecule has 0 unspecified atom stereocenters. The van der Waals surface area contributed by atoms with Crippen molar-refractivity contribution in [3.8, 4) is 0 Å². The summed E-state index contributed by atoms with van der Waals surface area (Å²) in [7, 11) is 1.53. The van der Waals surface area contributed by atoms with Crippen molar-refractivity contribution in [2.24, 2.45) is 23.7 Å². The van der Waals surface area contributed by atoms with Crippen molar-refractivity contribution in [1.29, 1.82) is 0 Å². The van der Waals surface area contributed by atoms with Gasteiger partial charge in [-0.3, -0.25) is 0 Å². The number of hydrogen-bond donors (Lipinski definition) is 2. The van der Waals surface area contributed by atoms with Gasteiger partial charge in [0.2, 0.25) is 0 Å². The second-order valence-corrected chi connectivity index (χ2v) is 10.9. The Bertz CT molecular complexity index is 1020. The number of H-pyrrole nitrogens is 1. The van der Waals surface area contributed by atoms with Crippen molar-refractivity contribution in [2.75, 3.05) is 7.11 Å². The van der Waals surface area contributed by atoms with Crippen molar-refractivity contribution >= 4 is 11.9 Å². The lowest BCUT2D eigenvalue weighted by Crippen LogP contribution is -2.46. The molecule has 2 N–H and O–H groups in total. The van der Waals surface area contributed by atoms with E-state index < -0.39 is 36.0 Å². The molecule has 0 radical (unpaired) electrons. The average molecular weight is 516 g/mol. The van der Waals surface area contributed by atoms with Gasteiger partial charge in [-0.25, -0.2) is 9.59 Å². The number of fused-ring (bicyclic) bond motifs is 1. The second-order valence-electron chi connectivity index (χ2n) is 10.9. The van der Waals surface area contributed by atoms with Crippen LogP contribution >= 0.6 is 0 Å². The van der Waals surface area contributed by atoms with E-state index in [1.807, 2.05) is 13.8 Å². The average Bonchev–Trinajstić information content (AvgIpc) is 3.52. The summed E-state index contributed by atoms with van der Waals surface area (Å²) in [4.78, 5) is 28.8. The summed E-state index contributed by atoms with van der Waals surface area (Å²) in [6, 6.07) is 3.41. The van der Waals surface area contributed by atoms with E-state index in [1.165, 1.54) is 7.11 Å². The van der Waals surface area contributed by atoms with Gasteiger partial charge in [0.25, 0.3) is 0 Å². The van der Waals surface area contributed by atoms with E-state index in [1.54, 1.807) is 25.3 Å². The lowest BCUT2D eigenvalue weighted by Gasteiger charge is -2.41. The Morgan fingerprint density at radius 1 is 1.32 bits per heavy atom. The van der Waals surface area contributed by atoms with E-state index in [2.05, 4.69) is 37.1 Å². The summed E-state index contributed by atoms with van der Waals surface area (Å²) >= 11 is 0. The number of cyclic esters (lactones) is 1. The monoisotopic (exact) mass is 515 g/mol. The first-order valence-electron chi connectivity index (χ1n) is 13.4. The standard InChI is InChI=1S/C29H41NO7/c1-7-23-16(2)13-17(3)29-15-20(10-11-21(29)14-24(34-6)28(33)35-23)26(37-29)25(18(4)19(5)31)36-27(32)22-9-8-12-30-22/h8-13,16,18-21,23-26,30-31H,7,14-15H2,1-6H3/b17-13+/t16-,18-,19+,20-,21-,23+,24+,25-,26-,29+/m1/s1. The predicted octanol–water partition coefficient (Wildman–Crippen LogP) is 4.21. The molecule has 4 rings (SSSR count). The quantitative estimate of drug-likeness (QED) is 0.414. The van der Waals surface area contributed by atoms with Crippen molar-refractivity contribution in [3.63, 3.8) is 0 Å². The minimum atomic E-state index is -0.712. The maximum Gasteiger partial charge on any atom is 0.355 e. The van der Waals surface area contributed by atoms with Crippen LogP contribution < -0.4 is 0 Å². The van der Waals surface area contributed by atoms with Crippen LogP contribution in [0, 0.1) is 23.7 Å². The van der Waals surface area contributed by atoms with Crippen molar-refractivity contribution in [1.82, 2.24) is 4.98 Å². The van der Waals surface area contributed by atoms with Crippen LogP contribution in [0.1, 0.15) is 64.4 Å². The highest BCUT2D eigenvalue weighted by molar-refractivity contribution is 5.87. The zero-order chi connectivity index (χ0) is 26.9. The van der Waals surface area contributed by atoms with Crippen LogP contribution in [0.15, 0.2) is 42.1 Å². The molecule has 1 spiro atoms. The largest absolute Gasteiger partial charge is 0.460 e. The molecule has 204 valence electrons. The second kappa shape index (κ2) is 11.1. The topological polar surface area (TPSA) is 107 Å². The van der Waals surface area contributed by atoms with E-state index in [9.17, 15) is 14.7 Å². The number of esters is 2. The van der Waals surface area contributed by atoms with Crippen LogP contribution in [0.5, 0.6) is 0 Å². The Labute approximate surface area is 219 Å². The molecule has 2 aliphatic heterocycles. The molecule has 10 atom stereocenters. The van der Waals surface area contributed by atoms with Gasteiger partial charge in [-0.2, -0.15) is 0 Å². The minimum absolute atomic E-state index is 0.00974. The number of nitrogens with one attached hydrogen (secondary N) is 1. The predicted molar refractivity (Wildman–Crippen MR) is 138 cm³/mol. The molecule has 37 heavy (non-hydrogen) atoms. The van der Waals surface area contributed by atoms with Crippen LogP contribution in [0.25, 0.3) is 0 Å². The van der Waals surface area contributed by atoms with Crippen LogP contribution in [-0.4, -0.2) is 65.3 Å². The Kier molecular flexibility index (Phi) is 8.31. The Morgan fingerprint density at radius 2 is 2.08 bits per heavy atom. The fourth-order valence-electron chi connectivity index (χ4n) is 6.16. The van der Waals surface area contributed by atoms with Gasteiger partial charge in [0.1, 0.15) is 24.0 Å². The third kappa shape index (κ3) is 5.29. The summed E-state index contributed by atoms with van der Waals surface area (Å²) in [5, 5.41) is 10.5. The summed E-state index contributed by atoms with van der Waals surface area (Å²) in [6.45, 7) is 9.72. The number of rotatable bonds is 7. The Balaban J connectivity index is 1.72. The Hall–Kier alpha value is -2.42. The number of hydrogen-bond acceptors (Lipinski definition) is 7. The molecule has 2 bridgehead atoms. The molecule has 1 saturated heterocycles. The molecule has 0 aromatic carbocycles. The smallest absolute Gasteiger partial charge is 0.355 e. The SMILES string of the molecule is CC[C@@H]1OC(=O)[C@@H](OC)C[C@H]2C=C[C@@H]3C[C@]2(O[C@H]3[C@H](OC(=O)c2ccc[nH]2)[C@H](C)[C@H](C)O)/C(C)=C/[C@H]1C. The molecule has 1 aromatic rings.